The molecule has 3 heteroatoms. The summed E-state index contributed by atoms with van der Waals surface area (Å²) in [5.41, 5.74) is 3.30. The first-order chi connectivity index (χ1) is 10.4. The van der Waals surface area contributed by atoms with Gasteiger partial charge in [-0.25, -0.2) is 4.98 Å². The van der Waals surface area contributed by atoms with Crippen molar-refractivity contribution in [3.63, 3.8) is 0 Å². The Morgan fingerprint density at radius 2 is 1.67 bits per heavy atom. The van der Waals surface area contributed by atoms with Gasteiger partial charge < -0.3 is 0 Å². The summed E-state index contributed by atoms with van der Waals surface area (Å²) >= 11 is 1.74. The number of hydrogen-bond acceptors (Lipinski definition) is 3. The van der Waals surface area contributed by atoms with E-state index in [0.717, 1.165) is 16.2 Å². The number of pyridine rings is 2. The van der Waals surface area contributed by atoms with Crippen LogP contribution in [0.1, 0.15) is 0 Å². The first-order valence-electron chi connectivity index (χ1n) is 6.86. The molecule has 4 aromatic rings. The number of nitrogens with zero attached hydrogens (tertiary/aromatic N) is 2. The molecule has 2 nitrogen and oxygen atoms in total. The molecule has 0 bridgehead atoms. The molecule has 0 fully saturated rings. The van der Waals surface area contributed by atoms with Crippen molar-refractivity contribution in [3.05, 3.63) is 60.8 Å². The molecule has 0 spiro atoms. The molecule has 0 amide bonds. The highest BCUT2D eigenvalue weighted by Gasteiger charge is 2.22. The molecule has 1 aliphatic heterocycles. The Hall–Kier alpha value is -2.39. The third-order valence-corrected chi connectivity index (χ3v) is 4.99. The van der Waals surface area contributed by atoms with E-state index in [9.17, 15) is 0 Å². The van der Waals surface area contributed by atoms with Gasteiger partial charge >= 0.3 is 0 Å². The van der Waals surface area contributed by atoms with Crippen LogP contribution in [-0.2, 0) is 0 Å². The Labute approximate surface area is 125 Å². The van der Waals surface area contributed by atoms with Crippen LogP contribution in [0.5, 0.6) is 0 Å². The van der Waals surface area contributed by atoms with Crippen LogP contribution in [0.2, 0.25) is 0 Å². The predicted octanol–water partition coefficient (Wildman–Crippen LogP) is 4.91. The van der Waals surface area contributed by atoms with Crippen molar-refractivity contribution in [2.24, 2.45) is 0 Å². The average Bonchev–Trinajstić information content (AvgIpc) is 2.55. The summed E-state index contributed by atoms with van der Waals surface area (Å²) in [6.07, 6.45) is 1.90. The molecule has 21 heavy (non-hydrogen) atoms. The molecular formula is C18H10N2S. The van der Waals surface area contributed by atoms with Crippen LogP contribution in [0.25, 0.3) is 32.9 Å². The maximum absolute atomic E-state index is 4.86. The van der Waals surface area contributed by atoms with Crippen LogP contribution < -0.4 is 0 Å². The van der Waals surface area contributed by atoms with Crippen LogP contribution in [0.3, 0.4) is 0 Å². The van der Waals surface area contributed by atoms with Crippen LogP contribution in [-0.4, -0.2) is 9.97 Å². The zero-order chi connectivity index (χ0) is 13.8. The molecule has 0 saturated heterocycles. The van der Waals surface area contributed by atoms with E-state index in [1.807, 2.05) is 12.3 Å². The quantitative estimate of drug-likeness (QED) is 0.378. The summed E-state index contributed by atoms with van der Waals surface area (Å²) in [6, 6.07) is 18.8. The monoisotopic (exact) mass is 286 g/mol. The van der Waals surface area contributed by atoms with Gasteiger partial charge in [-0.15, -0.1) is 0 Å². The SMILES string of the molecule is c1ccc2c(c1)Sc1nc3ccccc3c3ccnc-2c13. The van der Waals surface area contributed by atoms with E-state index in [1.165, 1.54) is 26.6 Å². The fraction of sp³-hybridized carbons (Fsp3) is 0. The summed E-state index contributed by atoms with van der Waals surface area (Å²) in [5, 5.41) is 4.67. The molecule has 3 heterocycles. The summed E-state index contributed by atoms with van der Waals surface area (Å²) in [6.45, 7) is 0. The highest BCUT2D eigenvalue weighted by Crippen LogP contribution is 2.47. The Morgan fingerprint density at radius 3 is 2.67 bits per heavy atom. The zero-order valence-corrected chi connectivity index (χ0v) is 11.9. The average molecular weight is 286 g/mol. The molecule has 0 atom stereocenters. The van der Waals surface area contributed by atoms with Gasteiger partial charge in [0.1, 0.15) is 5.03 Å². The van der Waals surface area contributed by atoms with Gasteiger partial charge in [-0.05, 0) is 23.6 Å². The minimum Gasteiger partial charge on any atom is -0.255 e. The highest BCUT2D eigenvalue weighted by molar-refractivity contribution is 7.99. The normalized spacial score (nSPS) is 12.6. The van der Waals surface area contributed by atoms with Crippen molar-refractivity contribution in [1.29, 1.82) is 0 Å². The molecule has 2 aromatic carbocycles. The Balaban J connectivity index is 2.04. The molecule has 98 valence electrons. The highest BCUT2D eigenvalue weighted by atomic mass is 32.2. The number of fused-ring (bicyclic) bond motifs is 4. The summed E-state index contributed by atoms with van der Waals surface area (Å²) in [7, 11) is 0. The van der Waals surface area contributed by atoms with Crippen LogP contribution in [0.4, 0.5) is 0 Å². The molecule has 0 saturated carbocycles. The van der Waals surface area contributed by atoms with Crippen molar-refractivity contribution in [2.45, 2.75) is 9.92 Å². The van der Waals surface area contributed by atoms with Crippen LogP contribution in [0, 0.1) is 0 Å². The lowest BCUT2D eigenvalue weighted by atomic mass is 10.0. The van der Waals surface area contributed by atoms with E-state index < -0.39 is 0 Å². The molecule has 1 aliphatic rings. The van der Waals surface area contributed by atoms with Gasteiger partial charge in [0.15, 0.2) is 0 Å². The smallest absolute Gasteiger partial charge is 0.112 e. The molecular weight excluding hydrogens is 276 g/mol. The second-order valence-electron chi connectivity index (χ2n) is 5.11. The molecule has 2 aromatic heterocycles. The third-order valence-electron chi connectivity index (χ3n) is 3.93. The molecule has 0 radical (unpaired) electrons. The Bertz CT molecular complexity index is 1020. The summed E-state index contributed by atoms with van der Waals surface area (Å²) in [5.74, 6) is 0. The third kappa shape index (κ3) is 1.49. The zero-order valence-electron chi connectivity index (χ0n) is 11.1. The topological polar surface area (TPSA) is 25.8 Å². The van der Waals surface area contributed by atoms with Gasteiger partial charge in [0.05, 0.1) is 11.2 Å². The summed E-state index contributed by atoms with van der Waals surface area (Å²) < 4.78 is 0. The largest absolute Gasteiger partial charge is 0.255 e. The lowest BCUT2D eigenvalue weighted by molar-refractivity contribution is 1.19. The van der Waals surface area contributed by atoms with Crippen LogP contribution >= 0.6 is 11.8 Å². The second-order valence-corrected chi connectivity index (χ2v) is 6.15. The minimum absolute atomic E-state index is 1.05. The Kier molecular flexibility index (Phi) is 2.18. The van der Waals surface area contributed by atoms with Gasteiger partial charge in [-0.1, -0.05) is 48.2 Å². The van der Waals surface area contributed by atoms with Gasteiger partial charge in [0, 0.05) is 27.4 Å². The molecule has 5 rings (SSSR count). The maximum atomic E-state index is 4.86. The molecule has 0 aliphatic carbocycles. The minimum atomic E-state index is 1.05. The van der Waals surface area contributed by atoms with Gasteiger partial charge in [0.25, 0.3) is 0 Å². The fourth-order valence-electron chi connectivity index (χ4n) is 3.00. The van der Waals surface area contributed by atoms with Crippen molar-refractivity contribution in [3.8, 4) is 11.3 Å². The second kappa shape index (κ2) is 4.06. The first kappa shape index (κ1) is 11.3. The first-order valence-corrected chi connectivity index (χ1v) is 7.68. The number of para-hydroxylation sites is 1. The van der Waals surface area contributed by atoms with Crippen molar-refractivity contribution in [1.82, 2.24) is 9.97 Å². The van der Waals surface area contributed by atoms with E-state index in [-0.39, 0.29) is 0 Å². The lowest BCUT2D eigenvalue weighted by Crippen LogP contribution is -1.98. The van der Waals surface area contributed by atoms with Gasteiger partial charge in [0.2, 0.25) is 0 Å². The van der Waals surface area contributed by atoms with E-state index >= 15 is 0 Å². The molecule has 0 unspecified atom stereocenters. The van der Waals surface area contributed by atoms with E-state index in [4.69, 9.17) is 4.98 Å². The lowest BCUT2D eigenvalue weighted by Gasteiger charge is -2.19. The maximum Gasteiger partial charge on any atom is 0.112 e. The summed E-state index contributed by atoms with van der Waals surface area (Å²) in [4.78, 5) is 10.7. The predicted molar refractivity (Wildman–Crippen MR) is 86.6 cm³/mol. The number of aromatic nitrogens is 2. The van der Waals surface area contributed by atoms with Crippen molar-refractivity contribution in [2.75, 3.05) is 0 Å². The van der Waals surface area contributed by atoms with Crippen molar-refractivity contribution < 1.29 is 0 Å². The van der Waals surface area contributed by atoms with Crippen LogP contribution in [0.15, 0.2) is 70.7 Å². The number of benzene rings is 2. The van der Waals surface area contributed by atoms with E-state index in [1.54, 1.807) is 11.8 Å². The number of hydrogen-bond donors (Lipinski definition) is 0. The van der Waals surface area contributed by atoms with E-state index in [0.29, 0.717) is 0 Å². The fourth-order valence-corrected chi connectivity index (χ4v) is 4.08. The molecule has 0 N–H and O–H groups in total. The van der Waals surface area contributed by atoms with E-state index in [2.05, 4.69) is 53.5 Å². The number of rotatable bonds is 0. The Morgan fingerprint density at radius 1 is 0.810 bits per heavy atom. The van der Waals surface area contributed by atoms with Crippen molar-refractivity contribution >= 4 is 33.4 Å². The standard InChI is InChI=1S/C18H10N2S/c1-3-7-14-11(5-1)12-9-10-19-17-13-6-2-4-8-15(13)21-18(20-14)16(12)17/h1-10H. The van der Waals surface area contributed by atoms with Gasteiger partial charge in [-0.3, -0.25) is 4.98 Å². The van der Waals surface area contributed by atoms with Gasteiger partial charge in [-0.2, -0.15) is 0 Å².